The summed E-state index contributed by atoms with van der Waals surface area (Å²) in [6.45, 7) is -0.250. The van der Waals surface area contributed by atoms with E-state index < -0.39 is 0 Å². The van der Waals surface area contributed by atoms with Crippen molar-refractivity contribution in [1.29, 1.82) is 0 Å². The van der Waals surface area contributed by atoms with Crippen molar-refractivity contribution < 1.29 is 19.4 Å². The van der Waals surface area contributed by atoms with E-state index >= 15 is 0 Å². The van der Waals surface area contributed by atoms with Gasteiger partial charge in [-0.05, 0) is 68.4 Å². The van der Waals surface area contributed by atoms with Gasteiger partial charge in [-0.15, -0.1) is 0 Å². The second kappa shape index (κ2) is 8.14. The van der Waals surface area contributed by atoms with Crippen molar-refractivity contribution in [3.05, 3.63) is 23.9 Å². The van der Waals surface area contributed by atoms with E-state index in [1.807, 2.05) is 18.2 Å². The van der Waals surface area contributed by atoms with Crippen molar-refractivity contribution in [2.75, 3.05) is 14.2 Å². The second-order valence-corrected chi connectivity index (χ2v) is 7.82. The standard InChI is InChI=1S/C18H22N2O2S.CH2O2/c1-20-12-3-4-13(20)8-11(7-12)9-16(21)18-15-6-5-14(22-2)10-17(15)23-19-18;2-1-3/h5-6,10-13H,3-4,7-9H2,1-2H3;1H,(H,2,3). The molecule has 0 radical (unpaired) electrons. The maximum atomic E-state index is 12.8. The van der Waals surface area contributed by atoms with Crippen LogP contribution in [-0.2, 0) is 4.79 Å². The van der Waals surface area contributed by atoms with Crippen LogP contribution in [0.25, 0.3) is 10.1 Å². The van der Waals surface area contributed by atoms with Gasteiger partial charge in [0.05, 0.1) is 11.8 Å². The van der Waals surface area contributed by atoms with Gasteiger partial charge in [0, 0.05) is 23.9 Å². The predicted octanol–water partition coefficient (Wildman–Crippen LogP) is 3.45. The van der Waals surface area contributed by atoms with Crippen LogP contribution < -0.4 is 4.74 Å². The van der Waals surface area contributed by atoms with Crippen LogP contribution in [0.2, 0.25) is 0 Å². The topological polar surface area (TPSA) is 79.7 Å². The monoisotopic (exact) mass is 376 g/mol. The number of carbonyl (C=O) groups excluding carboxylic acids is 1. The molecule has 7 heteroatoms. The van der Waals surface area contributed by atoms with E-state index in [0.717, 1.165) is 28.7 Å². The number of ketones is 1. The maximum Gasteiger partial charge on any atom is 0.290 e. The molecule has 0 amide bonds. The summed E-state index contributed by atoms with van der Waals surface area (Å²) in [6.07, 6.45) is 5.56. The highest BCUT2D eigenvalue weighted by atomic mass is 32.1. The van der Waals surface area contributed by atoms with E-state index in [9.17, 15) is 4.79 Å². The molecule has 2 bridgehead atoms. The zero-order chi connectivity index (χ0) is 18.7. The molecule has 2 aliphatic rings. The molecule has 2 fully saturated rings. The van der Waals surface area contributed by atoms with Crippen molar-refractivity contribution in [2.45, 2.75) is 44.2 Å². The van der Waals surface area contributed by atoms with Crippen molar-refractivity contribution in [1.82, 2.24) is 9.27 Å². The molecular weight excluding hydrogens is 352 g/mol. The molecule has 2 unspecified atom stereocenters. The number of carboxylic acid groups (broad SMARTS) is 1. The number of piperidine rings is 1. The molecule has 0 saturated carbocycles. The number of fused-ring (bicyclic) bond motifs is 3. The molecule has 2 aromatic rings. The molecule has 6 nitrogen and oxygen atoms in total. The fraction of sp³-hybridized carbons (Fsp3) is 0.526. The van der Waals surface area contributed by atoms with Gasteiger partial charge in [0.15, 0.2) is 5.78 Å². The summed E-state index contributed by atoms with van der Waals surface area (Å²) in [5.41, 5.74) is 0.652. The lowest BCUT2D eigenvalue weighted by Crippen LogP contribution is -2.40. The Morgan fingerprint density at radius 2 is 2.04 bits per heavy atom. The van der Waals surface area contributed by atoms with Crippen molar-refractivity contribution in [3.63, 3.8) is 0 Å². The van der Waals surface area contributed by atoms with Crippen LogP contribution in [0.4, 0.5) is 0 Å². The number of Topliss-reactive ketones (excluding diaryl/α,β-unsaturated/α-hetero) is 1. The Morgan fingerprint density at radius 1 is 1.38 bits per heavy atom. The SMILES string of the molecule is COc1ccc2c(C(=O)CC3CC4CCC(C3)N4C)nsc2c1.O=CO. The van der Waals surface area contributed by atoms with Crippen LogP contribution in [0.1, 0.15) is 42.6 Å². The molecule has 0 aliphatic carbocycles. The van der Waals surface area contributed by atoms with Crippen molar-refractivity contribution >= 4 is 33.9 Å². The van der Waals surface area contributed by atoms with Crippen LogP contribution in [0, 0.1) is 5.92 Å². The van der Waals surface area contributed by atoms with Crippen LogP contribution in [-0.4, -0.2) is 52.9 Å². The normalized spacial score (nSPS) is 24.8. The summed E-state index contributed by atoms with van der Waals surface area (Å²) >= 11 is 1.39. The first-order valence-electron chi connectivity index (χ1n) is 8.83. The number of ether oxygens (including phenoxy) is 1. The lowest BCUT2D eigenvalue weighted by Gasteiger charge is -2.36. The average Bonchev–Trinajstić information content (AvgIpc) is 3.12. The highest BCUT2D eigenvalue weighted by molar-refractivity contribution is 7.13. The average molecular weight is 376 g/mol. The van der Waals surface area contributed by atoms with Gasteiger partial charge >= 0.3 is 0 Å². The first kappa shape index (κ1) is 18.8. The quantitative estimate of drug-likeness (QED) is 0.650. The molecule has 140 valence electrons. The smallest absolute Gasteiger partial charge is 0.290 e. The third-order valence-electron chi connectivity index (χ3n) is 5.61. The lowest BCUT2D eigenvalue weighted by atomic mass is 9.86. The van der Waals surface area contributed by atoms with E-state index in [1.165, 1.54) is 24.4 Å². The third-order valence-corrected chi connectivity index (χ3v) is 6.42. The number of carbonyl (C=O) groups is 2. The first-order valence-corrected chi connectivity index (χ1v) is 9.61. The van der Waals surface area contributed by atoms with E-state index in [2.05, 4.69) is 16.3 Å². The zero-order valence-corrected chi connectivity index (χ0v) is 15.9. The number of methoxy groups -OCH3 is 1. The number of nitrogens with zero attached hydrogens (tertiary/aromatic N) is 2. The van der Waals surface area contributed by atoms with Crippen LogP contribution in [0.15, 0.2) is 18.2 Å². The van der Waals surface area contributed by atoms with Crippen LogP contribution in [0.5, 0.6) is 5.75 Å². The molecule has 2 saturated heterocycles. The summed E-state index contributed by atoms with van der Waals surface area (Å²) in [5, 5.41) is 7.86. The molecule has 3 heterocycles. The van der Waals surface area contributed by atoms with E-state index in [4.69, 9.17) is 14.6 Å². The Bertz CT molecular complexity index is 777. The van der Waals surface area contributed by atoms with Gasteiger partial charge in [-0.25, -0.2) is 0 Å². The lowest BCUT2D eigenvalue weighted by molar-refractivity contribution is -0.122. The van der Waals surface area contributed by atoms with E-state index in [1.54, 1.807) is 7.11 Å². The van der Waals surface area contributed by atoms with Gasteiger partial charge in [-0.1, -0.05) is 0 Å². The molecule has 1 aromatic carbocycles. The Labute approximate surface area is 156 Å². The third kappa shape index (κ3) is 3.73. The van der Waals surface area contributed by atoms with Gasteiger partial charge in [-0.2, -0.15) is 4.37 Å². The minimum absolute atomic E-state index is 0.204. The molecule has 2 aliphatic heterocycles. The van der Waals surface area contributed by atoms with E-state index in [-0.39, 0.29) is 12.3 Å². The fourth-order valence-electron chi connectivity index (χ4n) is 4.30. The van der Waals surface area contributed by atoms with Gasteiger partial charge < -0.3 is 14.7 Å². The molecule has 1 N–H and O–H groups in total. The number of hydrogen-bond donors (Lipinski definition) is 1. The van der Waals surface area contributed by atoms with Gasteiger partial charge in [0.1, 0.15) is 11.4 Å². The molecule has 4 rings (SSSR count). The molecule has 2 atom stereocenters. The highest BCUT2D eigenvalue weighted by Crippen LogP contribution is 2.39. The van der Waals surface area contributed by atoms with Crippen molar-refractivity contribution in [3.8, 4) is 5.75 Å². The van der Waals surface area contributed by atoms with Crippen molar-refractivity contribution in [2.24, 2.45) is 5.92 Å². The first-order chi connectivity index (χ1) is 12.6. The van der Waals surface area contributed by atoms with Gasteiger partial charge in [0.2, 0.25) is 0 Å². The Morgan fingerprint density at radius 3 is 2.65 bits per heavy atom. The molecular formula is C19H24N2O4S. The summed E-state index contributed by atoms with van der Waals surface area (Å²) in [5.74, 6) is 1.54. The molecule has 0 spiro atoms. The minimum Gasteiger partial charge on any atom is -0.497 e. The number of rotatable bonds is 4. The second-order valence-electron chi connectivity index (χ2n) is 7.01. The summed E-state index contributed by atoms with van der Waals surface area (Å²) in [7, 11) is 3.89. The summed E-state index contributed by atoms with van der Waals surface area (Å²) in [6, 6.07) is 7.19. The minimum atomic E-state index is -0.250. The van der Waals surface area contributed by atoms with E-state index in [0.29, 0.717) is 30.1 Å². The maximum absolute atomic E-state index is 12.8. The molecule has 1 aromatic heterocycles. The fourth-order valence-corrected chi connectivity index (χ4v) is 5.12. The number of aromatic nitrogens is 1. The Hall–Kier alpha value is -1.99. The van der Waals surface area contributed by atoms with Gasteiger partial charge in [0.25, 0.3) is 6.47 Å². The Balaban J connectivity index is 0.000000613. The highest BCUT2D eigenvalue weighted by Gasteiger charge is 2.39. The Kier molecular flexibility index (Phi) is 5.88. The largest absolute Gasteiger partial charge is 0.497 e. The number of benzene rings is 1. The van der Waals surface area contributed by atoms with Gasteiger partial charge in [-0.3, -0.25) is 9.59 Å². The summed E-state index contributed by atoms with van der Waals surface area (Å²) < 4.78 is 10.7. The number of hydrogen-bond acceptors (Lipinski definition) is 6. The summed E-state index contributed by atoms with van der Waals surface area (Å²) in [4.78, 5) is 23.6. The predicted molar refractivity (Wildman–Crippen MR) is 101 cm³/mol. The van der Waals surface area contributed by atoms with Crippen LogP contribution >= 0.6 is 11.5 Å². The zero-order valence-electron chi connectivity index (χ0n) is 15.1. The molecule has 26 heavy (non-hydrogen) atoms. The van der Waals surface area contributed by atoms with Crippen LogP contribution in [0.3, 0.4) is 0 Å².